The van der Waals surface area contributed by atoms with E-state index < -0.39 is 5.24 Å². The van der Waals surface area contributed by atoms with Gasteiger partial charge in [0.2, 0.25) is 5.24 Å². The Hall–Kier alpha value is -1.00. The maximum absolute atomic E-state index is 10.7. The molecule has 0 N–H and O–H groups in total. The summed E-state index contributed by atoms with van der Waals surface area (Å²) < 4.78 is 11.8. The van der Waals surface area contributed by atoms with Crippen LogP contribution in [0.2, 0.25) is 0 Å². The number of hydrogen-bond donors (Lipinski definition) is 0. The third-order valence-corrected chi connectivity index (χ3v) is 2.74. The van der Waals surface area contributed by atoms with Crippen LogP contribution in [0.15, 0.2) is 22.7 Å². The van der Waals surface area contributed by atoms with Crippen molar-refractivity contribution in [2.75, 3.05) is 13.2 Å². The normalized spacial score (nSPS) is 10.7. The van der Waals surface area contributed by atoms with E-state index >= 15 is 0 Å². The van der Waals surface area contributed by atoms with Crippen molar-refractivity contribution in [3.8, 4) is 11.5 Å². The smallest absolute Gasteiger partial charge is 0.245 e. The van der Waals surface area contributed by atoms with Crippen LogP contribution in [-0.4, -0.2) is 18.5 Å². The third kappa shape index (κ3) is 4.35. The highest BCUT2D eigenvalue weighted by Gasteiger charge is 2.10. The number of hydrogen-bond acceptors (Lipinski definition) is 3. The van der Waals surface area contributed by atoms with Crippen LogP contribution in [-0.2, 0) is 4.79 Å². The van der Waals surface area contributed by atoms with Crippen LogP contribution in [0, 0.1) is 0 Å². The summed E-state index contributed by atoms with van der Waals surface area (Å²) in [6, 6.07) is 3.64. The highest BCUT2D eigenvalue weighted by Crippen LogP contribution is 2.37. The minimum Gasteiger partial charge on any atom is -0.490 e. The molecular formula is C13H14BrClO3. The Morgan fingerprint density at radius 3 is 2.56 bits per heavy atom. The van der Waals surface area contributed by atoms with Crippen LogP contribution < -0.4 is 9.47 Å². The lowest BCUT2D eigenvalue weighted by atomic mass is 10.2. The highest BCUT2D eigenvalue weighted by atomic mass is 79.9. The molecule has 1 aromatic rings. The van der Waals surface area contributed by atoms with Crippen molar-refractivity contribution in [3.63, 3.8) is 0 Å². The van der Waals surface area contributed by atoms with Gasteiger partial charge in [0.05, 0.1) is 17.7 Å². The largest absolute Gasteiger partial charge is 0.490 e. The third-order valence-electron chi connectivity index (χ3n) is 2.03. The van der Waals surface area contributed by atoms with Gasteiger partial charge in [-0.15, -0.1) is 0 Å². The number of carbonyl (C=O) groups is 1. The molecule has 0 amide bonds. The Labute approximate surface area is 120 Å². The monoisotopic (exact) mass is 332 g/mol. The number of halogens is 2. The Bertz CT molecular complexity index is 458. The van der Waals surface area contributed by atoms with Crippen molar-refractivity contribution in [1.29, 1.82) is 0 Å². The molecule has 0 aliphatic heterocycles. The van der Waals surface area contributed by atoms with Crippen LogP contribution in [0.3, 0.4) is 0 Å². The first kappa shape index (κ1) is 15.1. The van der Waals surface area contributed by atoms with Gasteiger partial charge >= 0.3 is 0 Å². The molecule has 18 heavy (non-hydrogen) atoms. The van der Waals surface area contributed by atoms with Gasteiger partial charge < -0.3 is 9.47 Å². The van der Waals surface area contributed by atoms with Gasteiger partial charge in [-0.3, -0.25) is 4.79 Å². The second-order valence-electron chi connectivity index (χ2n) is 3.33. The van der Waals surface area contributed by atoms with E-state index in [0.29, 0.717) is 24.7 Å². The van der Waals surface area contributed by atoms with E-state index in [2.05, 4.69) is 15.9 Å². The molecular weight excluding hydrogens is 319 g/mol. The molecule has 98 valence electrons. The van der Waals surface area contributed by atoms with Gasteiger partial charge in [-0.05, 0) is 71.2 Å². The molecule has 0 radical (unpaired) electrons. The molecule has 0 bridgehead atoms. The lowest BCUT2D eigenvalue weighted by molar-refractivity contribution is -0.107. The summed E-state index contributed by atoms with van der Waals surface area (Å²) in [7, 11) is 0. The molecule has 0 aliphatic rings. The number of carbonyl (C=O) groups excluding carboxylic acids is 1. The quantitative estimate of drug-likeness (QED) is 0.582. The molecule has 0 atom stereocenters. The van der Waals surface area contributed by atoms with Crippen molar-refractivity contribution in [3.05, 3.63) is 28.2 Å². The van der Waals surface area contributed by atoms with Crippen molar-refractivity contribution >= 4 is 38.8 Å². The van der Waals surface area contributed by atoms with E-state index in [0.717, 1.165) is 10.0 Å². The summed E-state index contributed by atoms with van der Waals surface area (Å²) in [6.45, 7) is 4.89. The minimum absolute atomic E-state index is 0.516. The first-order valence-electron chi connectivity index (χ1n) is 5.55. The lowest BCUT2D eigenvalue weighted by Gasteiger charge is -2.13. The van der Waals surface area contributed by atoms with Crippen LogP contribution in [0.4, 0.5) is 0 Å². The summed E-state index contributed by atoms with van der Waals surface area (Å²) >= 11 is 8.68. The first-order valence-corrected chi connectivity index (χ1v) is 6.72. The minimum atomic E-state index is -0.516. The molecule has 1 rings (SSSR count). The Kier molecular flexibility index (Phi) is 6.22. The van der Waals surface area contributed by atoms with Crippen LogP contribution in [0.5, 0.6) is 11.5 Å². The summed E-state index contributed by atoms with van der Waals surface area (Å²) in [5, 5.41) is -0.516. The van der Waals surface area contributed by atoms with Crippen molar-refractivity contribution < 1.29 is 14.3 Å². The fourth-order valence-electron chi connectivity index (χ4n) is 1.39. The first-order chi connectivity index (χ1) is 8.58. The van der Waals surface area contributed by atoms with Crippen LogP contribution >= 0.6 is 27.5 Å². The second-order valence-corrected chi connectivity index (χ2v) is 4.56. The summed E-state index contributed by atoms with van der Waals surface area (Å²) in [5.41, 5.74) is 0.808. The van der Waals surface area contributed by atoms with Crippen molar-refractivity contribution in [2.45, 2.75) is 13.8 Å². The van der Waals surface area contributed by atoms with Crippen molar-refractivity contribution in [1.82, 2.24) is 0 Å². The molecule has 0 spiro atoms. The average Bonchev–Trinajstić information content (AvgIpc) is 2.31. The van der Waals surface area contributed by atoms with E-state index in [1.807, 2.05) is 19.9 Å². The maximum atomic E-state index is 10.7. The fourth-order valence-corrected chi connectivity index (χ4v) is 2.03. The van der Waals surface area contributed by atoms with Gasteiger partial charge in [0.15, 0.2) is 11.5 Å². The zero-order valence-electron chi connectivity index (χ0n) is 10.2. The number of allylic oxidation sites excluding steroid dienone is 1. The zero-order chi connectivity index (χ0) is 13.5. The maximum Gasteiger partial charge on any atom is 0.245 e. The van der Waals surface area contributed by atoms with Gasteiger partial charge in [0, 0.05) is 0 Å². The van der Waals surface area contributed by atoms with Gasteiger partial charge in [0.25, 0.3) is 0 Å². The molecule has 3 nitrogen and oxygen atoms in total. The summed E-state index contributed by atoms with van der Waals surface area (Å²) in [6.07, 6.45) is 2.91. The van der Waals surface area contributed by atoms with E-state index in [1.54, 1.807) is 12.1 Å². The predicted molar refractivity (Wildman–Crippen MR) is 76.4 cm³/mol. The average molecular weight is 334 g/mol. The Morgan fingerprint density at radius 1 is 1.33 bits per heavy atom. The summed E-state index contributed by atoms with van der Waals surface area (Å²) in [4.78, 5) is 10.7. The molecule has 0 fully saturated rings. The van der Waals surface area contributed by atoms with E-state index in [1.165, 1.54) is 6.08 Å². The molecule has 0 saturated carbocycles. The van der Waals surface area contributed by atoms with Gasteiger partial charge in [-0.2, -0.15) is 0 Å². The molecule has 0 aliphatic carbocycles. The van der Waals surface area contributed by atoms with Gasteiger partial charge in [-0.1, -0.05) is 0 Å². The summed E-state index contributed by atoms with van der Waals surface area (Å²) in [5.74, 6) is 1.30. The van der Waals surface area contributed by atoms with Crippen molar-refractivity contribution in [2.24, 2.45) is 0 Å². The SMILES string of the molecule is CCOc1cc(/C=C/C(=O)Cl)cc(Br)c1OCC. The van der Waals surface area contributed by atoms with E-state index in [4.69, 9.17) is 21.1 Å². The fraction of sp³-hybridized carbons (Fsp3) is 0.308. The zero-order valence-corrected chi connectivity index (χ0v) is 12.5. The van der Waals surface area contributed by atoms with Crippen LogP contribution in [0.25, 0.3) is 6.08 Å². The highest BCUT2D eigenvalue weighted by molar-refractivity contribution is 9.10. The molecule has 5 heteroatoms. The number of rotatable bonds is 6. The van der Waals surface area contributed by atoms with Gasteiger partial charge in [-0.25, -0.2) is 0 Å². The standard InChI is InChI=1S/C13H14BrClO3/c1-3-17-11-8-9(5-6-12(15)16)7-10(14)13(11)18-4-2/h5-8H,3-4H2,1-2H3/b6-5+. The molecule has 0 heterocycles. The van der Waals surface area contributed by atoms with E-state index in [9.17, 15) is 4.79 Å². The number of benzene rings is 1. The Balaban J connectivity index is 3.13. The predicted octanol–water partition coefficient (Wildman–Crippen LogP) is 4.03. The Morgan fingerprint density at radius 2 is 2.00 bits per heavy atom. The topological polar surface area (TPSA) is 35.5 Å². The number of ether oxygens (including phenoxy) is 2. The van der Waals surface area contributed by atoms with E-state index in [-0.39, 0.29) is 0 Å². The molecule has 0 aromatic heterocycles. The lowest BCUT2D eigenvalue weighted by Crippen LogP contribution is -1.99. The second kappa shape index (κ2) is 7.44. The van der Waals surface area contributed by atoms with Gasteiger partial charge in [0.1, 0.15) is 0 Å². The van der Waals surface area contributed by atoms with Crippen LogP contribution in [0.1, 0.15) is 19.4 Å². The molecule has 0 unspecified atom stereocenters. The molecule has 1 aromatic carbocycles. The molecule has 0 saturated heterocycles.